The zero-order valence-corrected chi connectivity index (χ0v) is 17.4. The maximum absolute atomic E-state index is 15.2. The minimum absolute atomic E-state index is 0.142. The summed E-state index contributed by atoms with van der Waals surface area (Å²) in [6, 6.07) is 19.9. The molecule has 0 heterocycles. The van der Waals surface area contributed by atoms with Crippen molar-refractivity contribution in [2.24, 2.45) is 0 Å². The van der Waals surface area contributed by atoms with Gasteiger partial charge in [0.25, 0.3) is 0 Å². The van der Waals surface area contributed by atoms with Gasteiger partial charge in [0.05, 0.1) is 18.4 Å². The van der Waals surface area contributed by atoms with Crippen LogP contribution < -0.4 is 15.8 Å². The van der Waals surface area contributed by atoms with Crippen LogP contribution >= 0.6 is 0 Å². The molecule has 0 aliphatic heterocycles. The van der Waals surface area contributed by atoms with Crippen LogP contribution in [0.5, 0.6) is 5.75 Å². The molecule has 0 fully saturated rings. The molecule has 1 atom stereocenters. The number of ketones is 1. The third-order valence-electron chi connectivity index (χ3n) is 5.61. The number of halogens is 1. The van der Waals surface area contributed by atoms with E-state index in [-0.39, 0.29) is 28.6 Å². The smallest absolute Gasteiger partial charge is 0.188 e. The molecule has 0 saturated heterocycles. The molecule has 0 radical (unpaired) electrons. The average molecular weight is 416 g/mol. The first kappa shape index (κ1) is 20.7. The van der Waals surface area contributed by atoms with Crippen molar-refractivity contribution in [1.82, 2.24) is 0 Å². The van der Waals surface area contributed by atoms with Gasteiger partial charge in [-0.15, -0.1) is 0 Å². The molecule has 3 aromatic carbocycles. The highest BCUT2D eigenvalue weighted by Gasteiger charge is 2.33. The number of methoxy groups -OCH3 is 1. The van der Waals surface area contributed by atoms with Crippen molar-refractivity contribution in [3.63, 3.8) is 0 Å². The zero-order chi connectivity index (χ0) is 21.8. The Morgan fingerprint density at radius 1 is 1.06 bits per heavy atom. The van der Waals surface area contributed by atoms with Gasteiger partial charge < -0.3 is 15.8 Å². The number of hydrogen-bond donors (Lipinski definition) is 2. The Bertz CT molecular complexity index is 1110. The molecule has 158 valence electrons. The molecule has 0 aromatic heterocycles. The second-order valence-electron chi connectivity index (χ2n) is 7.55. The lowest BCUT2D eigenvalue weighted by Crippen LogP contribution is -2.19. The molecule has 3 N–H and O–H groups in total. The Morgan fingerprint density at radius 3 is 2.42 bits per heavy atom. The Labute approximate surface area is 181 Å². The Kier molecular flexibility index (Phi) is 6.03. The number of rotatable bonds is 7. The van der Waals surface area contributed by atoms with Crippen LogP contribution in [0.3, 0.4) is 0 Å². The van der Waals surface area contributed by atoms with E-state index in [2.05, 4.69) is 17.4 Å². The highest BCUT2D eigenvalue weighted by Crippen LogP contribution is 2.47. The summed E-state index contributed by atoms with van der Waals surface area (Å²) in [5.41, 5.74) is 9.18. The van der Waals surface area contributed by atoms with Crippen LogP contribution in [0.2, 0.25) is 0 Å². The first-order valence-corrected chi connectivity index (χ1v) is 10.4. The summed E-state index contributed by atoms with van der Waals surface area (Å²) in [7, 11) is 1.49. The largest absolute Gasteiger partial charge is 0.494 e. The maximum atomic E-state index is 15.2. The van der Waals surface area contributed by atoms with Crippen molar-refractivity contribution in [2.45, 2.75) is 18.8 Å². The molecule has 1 aliphatic rings. The minimum Gasteiger partial charge on any atom is -0.494 e. The minimum atomic E-state index is -0.647. The topological polar surface area (TPSA) is 64.3 Å². The van der Waals surface area contributed by atoms with E-state index in [1.165, 1.54) is 18.7 Å². The summed E-state index contributed by atoms with van der Waals surface area (Å²) in [5, 5.41) is 3.17. The van der Waals surface area contributed by atoms with Gasteiger partial charge in [-0.25, -0.2) is 4.39 Å². The van der Waals surface area contributed by atoms with Crippen molar-refractivity contribution >= 4 is 17.2 Å². The van der Waals surface area contributed by atoms with Gasteiger partial charge in [0, 0.05) is 18.0 Å². The number of nitrogens with two attached hydrogens (primary N) is 1. The van der Waals surface area contributed by atoms with E-state index >= 15 is 4.39 Å². The highest BCUT2D eigenvalue weighted by atomic mass is 19.1. The van der Waals surface area contributed by atoms with Crippen LogP contribution in [0.1, 0.15) is 39.4 Å². The fraction of sp³-hybridized carbons (Fsp3) is 0.192. The zero-order valence-electron chi connectivity index (χ0n) is 17.4. The number of fused-ring (bicyclic) bond motifs is 1. The number of ether oxygens (including phenoxy) is 1. The summed E-state index contributed by atoms with van der Waals surface area (Å²) >= 11 is 0. The van der Waals surface area contributed by atoms with Crippen LogP contribution in [0.25, 0.3) is 0 Å². The van der Waals surface area contributed by atoms with Gasteiger partial charge in [0.2, 0.25) is 0 Å². The van der Waals surface area contributed by atoms with Gasteiger partial charge in [-0.3, -0.25) is 4.79 Å². The SMILES string of the molecule is COc1c(NCCCc2ccccc2)c(F)c(N)c2c1C(c1ccccc1)C=CC2=O. The van der Waals surface area contributed by atoms with Gasteiger partial charge in [-0.05, 0) is 30.0 Å². The number of allylic oxidation sites excluding steroid dienone is 2. The van der Waals surface area contributed by atoms with E-state index in [1.807, 2.05) is 54.6 Å². The molecule has 0 saturated carbocycles. The summed E-state index contributed by atoms with van der Waals surface area (Å²) in [6.45, 7) is 0.542. The predicted molar refractivity (Wildman–Crippen MR) is 122 cm³/mol. The quantitative estimate of drug-likeness (QED) is 0.403. The standard InChI is InChI=1S/C26H25FN2O2/c1-31-26-21-19(18-12-6-3-7-13-18)14-15-20(30)22(21)24(28)23(27)25(26)29-16-8-11-17-9-4-2-5-10-17/h2-7,9-10,12-15,19,29H,8,11,16,28H2,1H3. The van der Waals surface area contributed by atoms with Gasteiger partial charge in [0.15, 0.2) is 11.6 Å². The number of hydrogen-bond acceptors (Lipinski definition) is 4. The monoisotopic (exact) mass is 416 g/mol. The predicted octanol–water partition coefficient (Wildman–Crippen LogP) is 5.35. The lowest BCUT2D eigenvalue weighted by Gasteiger charge is -2.27. The number of carbonyl (C=O) groups is 1. The molecule has 4 nitrogen and oxygen atoms in total. The molecular weight excluding hydrogens is 391 g/mol. The van der Waals surface area contributed by atoms with Crippen molar-refractivity contribution in [1.29, 1.82) is 0 Å². The average Bonchev–Trinajstić information content (AvgIpc) is 2.81. The van der Waals surface area contributed by atoms with E-state index in [4.69, 9.17) is 10.5 Å². The summed E-state index contributed by atoms with van der Waals surface area (Å²) < 4.78 is 20.9. The fourth-order valence-electron chi connectivity index (χ4n) is 4.12. The fourth-order valence-corrected chi connectivity index (χ4v) is 4.12. The number of nitrogens with one attached hydrogen (secondary N) is 1. The normalized spacial score (nSPS) is 14.9. The summed E-state index contributed by atoms with van der Waals surface area (Å²) in [4.78, 5) is 12.6. The van der Waals surface area contributed by atoms with Gasteiger partial charge >= 0.3 is 0 Å². The van der Waals surface area contributed by atoms with Crippen molar-refractivity contribution < 1.29 is 13.9 Å². The molecule has 0 amide bonds. The van der Waals surface area contributed by atoms with E-state index in [9.17, 15) is 4.79 Å². The molecule has 3 aromatic rings. The summed E-state index contributed by atoms with van der Waals surface area (Å²) in [6.07, 6.45) is 4.96. The van der Waals surface area contributed by atoms with Gasteiger partial charge in [0.1, 0.15) is 11.4 Å². The second kappa shape index (κ2) is 9.04. The van der Waals surface area contributed by atoms with Gasteiger partial charge in [-0.1, -0.05) is 66.7 Å². The van der Waals surface area contributed by atoms with E-state index in [1.54, 1.807) is 0 Å². The molecule has 31 heavy (non-hydrogen) atoms. The second-order valence-corrected chi connectivity index (χ2v) is 7.55. The van der Waals surface area contributed by atoms with Crippen LogP contribution in [0, 0.1) is 5.82 Å². The number of anilines is 2. The lowest BCUT2D eigenvalue weighted by atomic mass is 9.81. The molecular formula is C26H25FN2O2. The van der Waals surface area contributed by atoms with Crippen molar-refractivity contribution in [3.8, 4) is 5.75 Å². The van der Waals surface area contributed by atoms with Crippen LogP contribution in [0.4, 0.5) is 15.8 Å². The summed E-state index contributed by atoms with van der Waals surface area (Å²) in [5.74, 6) is -0.886. The number of carbonyl (C=O) groups excluding carboxylic acids is 1. The first-order chi connectivity index (χ1) is 15.1. The number of nitrogen functional groups attached to an aromatic ring is 1. The van der Waals surface area contributed by atoms with Crippen LogP contribution in [-0.2, 0) is 6.42 Å². The Morgan fingerprint density at radius 2 is 1.74 bits per heavy atom. The molecule has 1 unspecified atom stereocenters. The lowest BCUT2D eigenvalue weighted by molar-refractivity contribution is 0.104. The van der Waals surface area contributed by atoms with Crippen molar-refractivity contribution in [2.75, 3.05) is 24.7 Å². The molecule has 5 heteroatoms. The van der Waals surface area contributed by atoms with Crippen LogP contribution in [-0.4, -0.2) is 19.4 Å². The number of benzene rings is 3. The van der Waals surface area contributed by atoms with Crippen LogP contribution in [0.15, 0.2) is 72.8 Å². The molecule has 1 aliphatic carbocycles. The molecule has 4 rings (SSSR count). The van der Waals surface area contributed by atoms with E-state index < -0.39 is 5.82 Å². The van der Waals surface area contributed by atoms with Crippen molar-refractivity contribution in [3.05, 3.63) is 101 Å². The molecule has 0 spiro atoms. The maximum Gasteiger partial charge on any atom is 0.188 e. The molecule has 0 bridgehead atoms. The Balaban J connectivity index is 1.69. The third-order valence-corrected chi connectivity index (χ3v) is 5.61. The third kappa shape index (κ3) is 4.04. The van der Waals surface area contributed by atoms with E-state index in [0.717, 1.165) is 18.4 Å². The number of aryl methyl sites for hydroxylation is 1. The van der Waals surface area contributed by atoms with E-state index in [0.29, 0.717) is 17.9 Å². The first-order valence-electron chi connectivity index (χ1n) is 10.4. The highest BCUT2D eigenvalue weighted by molar-refractivity contribution is 6.12. The Hall–Kier alpha value is -3.60. The van der Waals surface area contributed by atoms with Gasteiger partial charge in [-0.2, -0.15) is 0 Å².